The highest BCUT2D eigenvalue weighted by Crippen LogP contribution is 2.28. The van der Waals surface area contributed by atoms with E-state index in [9.17, 15) is 18.5 Å². The van der Waals surface area contributed by atoms with Crippen molar-refractivity contribution < 1.29 is 13.3 Å². The minimum atomic E-state index is -4.04. The third kappa shape index (κ3) is 4.04. The summed E-state index contributed by atoms with van der Waals surface area (Å²) in [5, 5.41) is 13.3. The maximum atomic E-state index is 12.7. The monoisotopic (exact) mass is 399 g/mol. The summed E-state index contributed by atoms with van der Waals surface area (Å²) < 4.78 is 28.0. The number of benzene rings is 3. The van der Waals surface area contributed by atoms with Crippen LogP contribution in [0.5, 0.6) is 0 Å². The van der Waals surface area contributed by atoms with Crippen molar-refractivity contribution >= 4 is 26.5 Å². The molecule has 0 fully saturated rings. The molecule has 0 aliphatic heterocycles. The van der Waals surface area contributed by atoms with Crippen molar-refractivity contribution in [3.63, 3.8) is 0 Å². The number of fused-ring (bicyclic) bond motifs is 1. The van der Waals surface area contributed by atoms with Gasteiger partial charge in [-0.25, -0.2) is 13.1 Å². The van der Waals surface area contributed by atoms with Gasteiger partial charge >= 0.3 is 0 Å². The molecule has 1 N–H and O–H groups in total. The van der Waals surface area contributed by atoms with Crippen LogP contribution >= 0.6 is 0 Å². The molecule has 0 heterocycles. The zero-order valence-corrected chi connectivity index (χ0v) is 16.4. The highest BCUT2D eigenvalue weighted by atomic mass is 32.2. The second-order valence-electron chi connectivity index (χ2n) is 6.62. The van der Waals surface area contributed by atoms with E-state index in [4.69, 9.17) is 0 Å². The molecule has 3 rings (SSSR count). The lowest BCUT2D eigenvalue weighted by molar-refractivity contribution is -0.387. The van der Waals surface area contributed by atoms with Gasteiger partial charge in [0.25, 0.3) is 5.69 Å². The number of nitrogens with zero attached hydrogens (tertiary/aromatic N) is 2. The minimum absolute atomic E-state index is 0.0788. The van der Waals surface area contributed by atoms with Crippen LogP contribution in [0.15, 0.2) is 71.6 Å². The molecule has 146 valence electrons. The van der Waals surface area contributed by atoms with Gasteiger partial charge in [-0.1, -0.05) is 54.6 Å². The molecule has 1 atom stereocenters. The van der Waals surface area contributed by atoms with Gasteiger partial charge in [0.2, 0.25) is 10.0 Å². The maximum Gasteiger partial charge on any atom is 0.289 e. The minimum Gasteiger partial charge on any atom is -0.301 e. The Labute approximate surface area is 163 Å². The lowest BCUT2D eigenvalue weighted by atomic mass is 9.98. The van der Waals surface area contributed by atoms with Crippen molar-refractivity contribution in [2.24, 2.45) is 0 Å². The first kappa shape index (κ1) is 19.9. The molecule has 3 aromatic carbocycles. The molecule has 0 saturated carbocycles. The van der Waals surface area contributed by atoms with E-state index in [1.807, 2.05) is 61.5 Å². The van der Waals surface area contributed by atoms with Gasteiger partial charge in [-0.15, -0.1) is 0 Å². The van der Waals surface area contributed by atoms with E-state index in [0.29, 0.717) is 0 Å². The molecule has 7 nitrogen and oxygen atoms in total. The van der Waals surface area contributed by atoms with Crippen molar-refractivity contribution in [1.29, 1.82) is 0 Å². The highest BCUT2D eigenvalue weighted by molar-refractivity contribution is 7.89. The lowest BCUT2D eigenvalue weighted by Crippen LogP contribution is -2.34. The number of nitro groups is 1. The molecule has 0 aromatic heterocycles. The second-order valence-corrected chi connectivity index (χ2v) is 8.36. The van der Waals surface area contributed by atoms with Crippen molar-refractivity contribution in [3.8, 4) is 0 Å². The molecule has 0 amide bonds. The molecule has 0 bridgehead atoms. The molecule has 0 saturated heterocycles. The predicted molar refractivity (Wildman–Crippen MR) is 109 cm³/mol. The van der Waals surface area contributed by atoms with Crippen molar-refractivity contribution in [2.45, 2.75) is 10.9 Å². The number of rotatable bonds is 7. The van der Waals surface area contributed by atoms with Gasteiger partial charge in [-0.3, -0.25) is 10.1 Å². The standard InChI is InChI=1S/C20H21N3O4S/c1-22(2)19(17-11-7-9-15-8-3-4-10-16(15)17)14-21-28(26,27)20-13-6-5-12-18(20)23(24)25/h3-13,19,21H,14H2,1-2H3/t19-/m0/s1. The Kier molecular flexibility index (Phi) is 5.73. The van der Waals surface area contributed by atoms with E-state index in [1.54, 1.807) is 0 Å². The van der Waals surface area contributed by atoms with Gasteiger partial charge in [0.1, 0.15) is 0 Å². The van der Waals surface area contributed by atoms with Crippen LogP contribution in [0.1, 0.15) is 11.6 Å². The first-order valence-electron chi connectivity index (χ1n) is 8.68. The van der Waals surface area contributed by atoms with Crippen molar-refractivity contribution in [2.75, 3.05) is 20.6 Å². The largest absolute Gasteiger partial charge is 0.301 e. The Morgan fingerprint density at radius 2 is 1.64 bits per heavy atom. The molecular weight excluding hydrogens is 378 g/mol. The van der Waals surface area contributed by atoms with Crippen LogP contribution < -0.4 is 4.72 Å². The summed E-state index contributed by atoms with van der Waals surface area (Å²) in [4.78, 5) is 12.1. The smallest absolute Gasteiger partial charge is 0.289 e. The second kappa shape index (κ2) is 8.05. The Morgan fingerprint density at radius 3 is 2.36 bits per heavy atom. The summed E-state index contributed by atoms with van der Waals surface area (Å²) in [6.07, 6.45) is 0. The molecule has 0 aliphatic carbocycles. The number of hydrogen-bond acceptors (Lipinski definition) is 5. The number of hydrogen-bond donors (Lipinski definition) is 1. The zero-order chi connectivity index (χ0) is 20.3. The predicted octanol–water partition coefficient (Wildman–Crippen LogP) is 3.33. The van der Waals surface area contributed by atoms with Gasteiger partial charge in [-0.05, 0) is 36.5 Å². The molecular formula is C20H21N3O4S. The Morgan fingerprint density at radius 1 is 1.00 bits per heavy atom. The van der Waals surface area contributed by atoms with Gasteiger partial charge < -0.3 is 4.90 Å². The Hall–Kier alpha value is -2.81. The zero-order valence-electron chi connectivity index (χ0n) is 15.6. The fraction of sp³-hybridized carbons (Fsp3) is 0.200. The van der Waals surface area contributed by atoms with Gasteiger partial charge in [0, 0.05) is 18.7 Å². The summed E-state index contributed by atoms with van der Waals surface area (Å²) in [7, 11) is -0.311. The van der Waals surface area contributed by atoms with Crippen LogP contribution in [0, 0.1) is 10.1 Å². The Bertz CT molecular complexity index is 1110. The molecule has 0 radical (unpaired) electrons. The van der Waals surface area contributed by atoms with Crippen LogP contribution in [0.4, 0.5) is 5.69 Å². The number of sulfonamides is 1. The molecule has 0 unspecified atom stereocenters. The van der Waals surface area contributed by atoms with Crippen LogP contribution in [0.2, 0.25) is 0 Å². The molecule has 0 spiro atoms. The third-order valence-electron chi connectivity index (χ3n) is 4.62. The lowest BCUT2D eigenvalue weighted by Gasteiger charge is -2.26. The van der Waals surface area contributed by atoms with Crippen molar-refractivity contribution in [3.05, 3.63) is 82.4 Å². The summed E-state index contributed by atoms with van der Waals surface area (Å²) >= 11 is 0. The average molecular weight is 399 g/mol. The van der Waals surface area contributed by atoms with Gasteiger partial charge in [0.15, 0.2) is 4.90 Å². The highest BCUT2D eigenvalue weighted by Gasteiger charge is 2.27. The van der Waals surface area contributed by atoms with E-state index in [1.165, 1.54) is 24.3 Å². The molecule has 8 heteroatoms. The van der Waals surface area contributed by atoms with E-state index in [-0.39, 0.29) is 17.5 Å². The number of nitrogens with one attached hydrogen (secondary N) is 1. The topological polar surface area (TPSA) is 92.6 Å². The fourth-order valence-electron chi connectivity index (χ4n) is 3.21. The van der Waals surface area contributed by atoms with Crippen molar-refractivity contribution in [1.82, 2.24) is 9.62 Å². The summed E-state index contributed by atoms with van der Waals surface area (Å²) in [5.74, 6) is 0. The Balaban J connectivity index is 1.93. The molecule has 0 aliphatic rings. The third-order valence-corrected chi connectivity index (χ3v) is 6.09. The number of likely N-dealkylation sites (N-methyl/N-ethyl adjacent to an activating group) is 1. The summed E-state index contributed by atoms with van der Waals surface area (Å²) in [6, 6.07) is 18.9. The first-order valence-corrected chi connectivity index (χ1v) is 10.2. The van der Waals surface area contributed by atoms with E-state index >= 15 is 0 Å². The summed E-state index contributed by atoms with van der Waals surface area (Å²) in [5.41, 5.74) is 0.537. The summed E-state index contributed by atoms with van der Waals surface area (Å²) in [6.45, 7) is 0.0788. The molecule has 3 aromatic rings. The van der Waals surface area contributed by atoms with E-state index < -0.39 is 20.6 Å². The van der Waals surface area contributed by atoms with E-state index in [0.717, 1.165) is 16.3 Å². The number of para-hydroxylation sites is 1. The van der Waals surface area contributed by atoms with Crippen LogP contribution in [-0.2, 0) is 10.0 Å². The quantitative estimate of drug-likeness (QED) is 0.486. The number of nitro benzene ring substituents is 1. The normalized spacial score (nSPS) is 13.0. The first-order chi connectivity index (χ1) is 13.3. The van der Waals surface area contributed by atoms with E-state index in [2.05, 4.69) is 4.72 Å². The fourth-order valence-corrected chi connectivity index (χ4v) is 4.42. The SMILES string of the molecule is CN(C)[C@@H](CNS(=O)(=O)c1ccccc1[N+](=O)[O-])c1cccc2ccccc12. The maximum absolute atomic E-state index is 12.7. The van der Waals surface area contributed by atoms with Crippen LogP contribution in [0.25, 0.3) is 10.8 Å². The van der Waals surface area contributed by atoms with Crippen LogP contribution in [0.3, 0.4) is 0 Å². The average Bonchev–Trinajstić information content (AvgIpc) is 2.68. The molecule has 28 heavy (non-hydrogen) atoms. The van der Waals surface area contributed by atoms with Gasteiger partial charge in [-0.2, -0.15) is 0 Å². The van der Waals surface area contributed by atoms with Gasteiger partial charge in [0.05, 0.1) is 4.92 Å². The van der Waals surface area contributed by atoms with Crippen LogP contribution in [-0.4, -0.2) is 38.9 Å².